The van der Waals surface area contributed by atoms with Gasteiger partial charge in [0.15, 0.2) is 5.96 Å². The van der Waals surface area contributed by atoms with Gasteiger partial charge in [-0.1, -0.05) is 6.92 Å². The molecular weight excluding hydrogens is 252 g/mol. The Kier molecular flexibility index (Phi) is 3.91. The van der Waals surface area contributed by atoms with Gasteiger partial charge >= 0.3 is 0 Å². The van der Waals surface area contributed by atoms with E-state index in [9.17, 15) is 5.11 Å². The van der Waals surface area contributed by atoms with E-state index in [2.05, 4.69) is 27.4 Å². The highest BCUT2D eigenvalue weighted by Crippen LogP contribution is 2.32. The number of likely N-dealkylation sites (tertiary alicyclic amines) is 1. The second-order valence-electron chi connectivity index (χ2n) is 6.92. The maximum Gasteiger partial charge on any atom is 0.191 e. The molecule has 2 atom stereocenters. The number of nitrogens with one attached hydrogen (secondary N) is 2. The van der Waals surface area contributed by atoms with Gasteiger partial charge < -0.3 is 15.7 Å². The van der Waals surface area contributed by atoms with Gasteiger partial charge in [-0.15, -0.1) is 0 Å². The first-order chi connectivity index (χ1) is 9.59. The Bertz CT molecular complexity index is 376. The molecule has 3 N–H and O–H groups in total. The smallest absolute Gasteiger partial charge is 0.191 e. The van der Waals surface area contributed by atoms with Gasteiger partial charge in [0, 0.05) is 38.8 Å². The van der Waals surface area contributed by atoms with E-state index in [-0.39, 0.29) is 0 Å². The molecule has 2 aliphatic carbocycles. The summed E-state index contributed by atoms with van der Waals surface area (Å²) in [5, 5.41) is 17.0. The molecule has 3 aliphatic rings. The summed E-state index contributed by atoms with van der Waals surface area (Å²) in [6, 6.07) is 1.31. The highest BCUT2D eigenvalue weighted by Gasteiger charge is 2.39. The van der Waals surface area contributed by atoms with Gasteiger partial charge in [-0.2, -0.15) is 0 Å². The number of hydrogen-bond donors (Lipinski definition) is 3. The van der Waals surface area contributed by atoms with Crippen molar-refractivity contribution in [2.75, 3.05) is 26.7 Å². The number of hydrogen-bond acceptors (Lipinski definition) is 3. The van der Waals surface area contributed by atoms with Crippen LogP contribution in [0.3, 0.4) is 0 Å². The van der Waals surface area contributed by atoms with Crippen molar-refractivity contribution in [1.29, 1.82) is 0 Å². The third-order valence-corrected chi connectivity index (χ3v) is 5.12. The molecular formula is C15H28N4O. The van der Waals surface area contributed by atoms with E-state index in [0.29, 0.717) is 18.5 Å². The molecule has 0 amide bonds. The van der Waals surface area contributed by atoms with E-state index in [4.69, 9.17) is 0 Å². The summed E-state index contributed by atoms with van der Waals surface area (Å²) >= 11 is 0. The van der Waals surface area contributed by atoms with Crippen LogP contribution in [0.15, 0.2) is 4.99 Å². The van der Waals surface area contributed by atoms with Crippen LogP contribution in [0.4, 0.5) is 0 Å². The molecule has 2 unspecified atom stereocenters. The minimum atomic E-state index is -0.501. The Labute approximate surface area is 121 Å². The van der Waals surface area contributed by atoms with Crippen molar-refractivity contribution >= 4 is 5.96 Å². The molecule has 1 heterocycles. The number of aliphatic hydroxyl groups is 1. The van der Waals surface area contributed by atoms with Gasteiger partial charge in [0.1, 0.15) is 0 Å². The van der Waals surface area contributed by atoms with Crippen LogP contribution in [0.5, 0.6) is 0 Å². The zero-order valence-electron chi connectivity index (χ0n) is 12.7. The third kappa shape index (κ3) is 3.09. The fraction of sp³-hybridized carbons (Fsp3) is 0.933. The summed E-state index contributed by atoms with van der Waals surface area (Å²) in [6.07, 6.45) is 5.71. The van der Waals surface area contributed by atoms with Crippen molar-refractivity contribution in [2.45, 2.75) is 56.7 Å². The molecule has 20 heavy (non-hydrogen) atoms. The normalized spacial score (nSPS) is 33.9. The van der Waals surface area contributed by atoms with E-state index in [1.54, 1.807) is 7.05 Å². The van der Waals surface area contributed by atoms with Crippen molar-refractivity contribution < 1.29 is 5.11 Å². The summed E-state index contributed by atoms with van der Waals surface area (Å²) in [5.74, 6) is 1.49. The van der Waals surface area contributed by atoms with Crippen molar-refractivity contribution in [3.8, 4) is 0 Å². The van der Waals surface area contributed by atoms with Gasteiger partial charge in [0.25, 0.3) is 0 Å². The summed E-state index contributed by atoms with van der Waals surface area (Å²) in [6.45, 7) is 5.24. The predicted octanol–water partition coefficient (Wildman–Crippen LogP) is 0.549. The van der Waals surface area contributed by atoms with Crippen LogP contribution in [0.1, 0.15) is 39.0 Å². The first kappa shape index (κ1) is 14.1. The predicted molar refractivity (Wildman–Crippen MR) is 80.8 cm³/mol. The summed E-state index contributed by atoms with van der Waals surface area (Å²) in [5.41, 5.74) is -0.501. The molecule has 114 valence electrons. The van der Waals surface area contributed by atoms with Crippen molar-refractivity contribution in [1.82, 2.24) is 15.5 Å². The molecule has 0 aromatic heterocycles. The van der Waals surface area contributed by atoms with Crippen LogP contribution in [-0.2, 0) is 0 Å². The maximum atomic E-state index is 10.1. The molecule has 3 fully saturated rings. The molecule has 5 heteroatoms. The zero-order valence-corrected chi connectivity index (χ0v) is 12.7. The Balaban J connectivity index is 1.47. The standard InChI is InChI=1S/C15H28N4O/c1-11-8-19(12-4-5-12)9-13(11)18-14(16-2)17-10-15(20)6-3-7-15/h11-13,20H,3-10H2,1-2H3,(H2,16,17,18). The second-order valence-corrected chi connectivity index (χ2v) is 6.92. The topological polar surface area (TPSA) is 59.9 Å². The Morgan fingerprint density at radius 1 is 1.35 bits per heavy atom. The summed E-state index contributed by atoms with van der Waals surface area (Å²) in [7, 11) is 1.80. The quantitative estimate of drug-likeness (QED) is 0.520. The largest absolute Gasteiger partial charge is 0.388 e. The molecule has 0 bridgehead atoms. The minimum absolute atomic E-state index is 0.470. The Hall–Kier alpha value is -0.810. The lowest BCUT2D eigenvalue weighted by Crippen LogP contribution is -2.53. The first-order valence-corrected chi connectivity index (χ1v) is 8.03. The lowest BCUT2D eigenvalue weighted by atomic mass is 9.80. The summed E-state index contributed by atoms with van der Waals surface area (Å²) < 4.78 is 0. The van der Waals surface area contributed by atoms with Gasteiger partial charge in [0.2, 0.25) is 0 Å². The Morgan fingerprint density at radius 2 is 2.10 bits per heavy atom. The van der Waals surface area contributed by atoms with Gasteiger partial charge in [0.05, 0.1) is 5.60 Å². The van der Waals surface area contributed by atoms with Gasteiger partial charge in [-0.25, -0.2) is 0 Å². The second kappa shape index (κ2) is 5.53. The monoisotopic (exact) mass is 280 g/mol. The average Bonchev–Trinajstić information content (AvgIpc) is 3.18. The third-order valence-electron chi connectivity index (χ3n) is 5.12. The van der Waals surface area contributed by atoms with Gasteiger partial charge in [-0.3, -0.25) is 9.89 Å². The van der Waals surface area contributed by atoms with Gasteiger partial charge in [-0.05, 0) is 38.0 Å². The molecule has 0 spiro atoms. The molecule has 0 aromatic rings. The maximum absolute atomic E-state index is 10.1. The first-order valence-electron chi connectivity index (χ1n) is 8.03. The van der Waals surface area contributed by atoms with E-state index < -0.39 is 5.60 Å². The zero-order chi connectivity index (χ0) is 14.2. The Morgan fingerprint density at radius 3 is 2.65 bits per heavy atom. The number of rotatable bonds is 4. The molecule has 1 saturated heterocycles. The number of guanidine groups is 1. The molecule has 1 aliphatic heterocycles. The lowest BCUT2D eigenvalue weighted by molar-refractivity contribution is -0.0279. The fourth-order valence-corrected chi connectivity index (χ4v) is 3.31. The van der Waals surface area contributed by atoms with E-state index >= 15 is 0 Å². The van der Waals surface area contributed by atoms with E-state index in [0.717, 1.165) is 37.8 Å². The highest BCUT2D eigenvalue weighted by atomic mass is 16.3. The molecule has 5 nitrogen and oxygen atoms in total. The van der Waals surface area contributed by atoms with Crippen LogP contribution < -0.4 is 10.6 Å². The van der Waals surface area contributed by atoms with Crippen LogP contribution in [0, 0.1) is 5.92 Å². The minimum Gasteiger partial charge on any atom is -0.388 e. The van der Waals surface area contributed by atoms with Crippen molar-refractivity contribution in [3.63, 3.8) is 0 Å². The number of nitrogens with zero attached hydrogens (tertiary/aromatic N) is 2. The van der Waals surface area contributed by atoms with E-state index in [1.165, 1.54) is 19.4 Å². The molecule has 0 aromatic carbocycles. The van der Waals surface area contributed by atoms with Crippen molar-refractivity contribution in [2.24, 2.45) is 10.9 Å². The number of aliphatic imine (C=N–C) groups is 1. The highest BCUT2D eigenvalue weighted by molar-refractivity contribution is 5.80. The SMILES string of the molecule is CN=C(NCC1(O)CCC1)NC1CN(C2CC2)CC1C. The molecule has 3 rings (SSSR count). The summed E-state index contributed by atoms with van der Waals surface area (Å²) in [4.78, 5) is 6.90. The van der Waals surface area contributed by atoms with Crippen LogP contribution in [-0.4, -0.2) is 60.3 Å². The lowest BCUT2D eigenvalue weighted by Gasteiger charge is -2.37. The van der Waals surface area contributed by atoms with Crippen LogP contribution in [0.2, 0.25) is 0 Å². The average molecular weight is 280 g/mol. The molecule has 2 saturated carbocycles. The van der Waals surface area contributed by atoms with Crippen LogP contribution >= 0.6 is 0 Å². The molecule has 0 radical (unpaired) electrons. The fourth-order valence-electron chi connectivity index (χ4n) is 3.31. The van der Waals surface area contributed by atoms with Crippen LogP contribution in [0.25, 0.3) is 0 Å². The van der Waals surface area contributed by atoms with Crippen molar-refractivity contribution in [3.05, 3.63) is 0 Å². The van der Waals surface area contributed by atoms with E-state index in [1.807, 2.05) is 0 Å².